The van der Waals surface area contributed by atoms with Crippen LogP contribution in [0, 0.1) is 0 Å². The number of hydrogen-bond acceptors (Lipinski definition) is 2. The molecule has 6 heteroatoms. The first-order valence-corrected chi connectivity index (χ1v) is 10.0. The largest absolute Gasteiger partial charge is 0.480 e. The second kappa shape index (κ2) is 7.04. The molecule has 2 atom stereocenters. The minimum atomic E-state index is -3.95. The zero-order chi connectivity index (χ0) is 18.8. The van der Waals surface area contributed by atoms with Crippen molar-refractivity contribution >= 4 is 24.3 Å². The van der Waals surface area contributed by atoms with E-state index in [-0.39, 0.29) is 6.16 Å². The molecule has 3 aromatic rings. The molecule has 0 saturated carbocycles. The van der Waals surface area contributed by atoms with E-state index in [4.69, 9.17) is 0 Å². The Kier molecular flexibility index (Phi) is 4.97. The van der Waals surface area contributed by atoms with Crippen LogP contribution in [-0.2, 0) is 21.1 Å². The fourth-order valence-corrected chi connectivity index (χ4v) is 4.66. The number of fused-ring (bicyclic) bond motifs is 1. The average molecular weight is 369 g/mol. The van der Waals surface area contributed by atoms with Gasteiger partial charge in [-0.15, -0.1) is 0 Å². The zero-order valence-corrected chi connectivity index (χ0v) is 15.2. The summed E-state index contributed by atoms with van der Waals surface area (Å²) in [5.74, 6) is -1.21. The Balaban J connectivity index is 1.96. The Morgan fingerprint density at radius 2 is 1.62 bits per heavy atom. The Bertz CT molecular complexity index is 989. The minimum Gasteiger partial charge on any atom is -0.480 e. The number of carbonyl (C=O) groups is 1. The van der Waals surface area contributed by atoms with Gasteiger partial charge < -0.3 is 10.00 Å². The number of rotatable bonds is 6. The molecule has 0 saturated heterocycles. The average Bonchev–Trinajstić information content (AvgIpc) is 2.61. The molecule has 0 aliphatic heterocycles. The van der Waals surface area contributed by atoms with Gasteiger partial charge in [0.25, 0.3) is 7.52 Å². The van der Waals surface area contributed by atoms with Gasteiger partial charge in [-0.2, -0.15) is 0 Å². The van der Waals surface area contributed by atoms with Gasteiger partial charge >= 0.3 is 5.97 Å². The minimum absolute atomic E-state index is 0.149. The van der Waals surface area contributed by atoms with Crippen LogP contribution in [-0.4, -0.2) is 16.0 Å². The summed E-state index contributed by atoms with van der Waals surface area (Å²) in [5.41, 5.74) is -0.605. The van der Waals surface area contributed by atoms with E-state index in [0.717, 1.165) is 10.8 Å². The number of aliphatic carboxylic acids is 1. The van der Waals surface area contributed by atoms with Gasteiger partial charge in [-0.1, -0.05) is 66.7 Å². The Morgan fingerprint density at radius 1 is 1.00 bits per heavy atom. The van der Waals surface area contributed by atoms with E-state index in [1.54, 1.807) is 36.4 Å². The molecule has 0 heterocycles. The molecular formula is C20H20NO4P. The van der Waals surface area contributed by atoms with Crippen molar-refractivity contribution in [2.45, 2.75) is 18.6 Å². The van der Waals surface area contributed by atoms with E-state index < -0.39 is 19.0 Å². The molecule has 5 nitrogen and oxygen atoms in total. The normalized spacial score (nSPS) is 15.9. The maximum Gasteiger partial charge on any atom is 0.328 e. The lowest BCUT2D eigenvalue weighted by atomic mass is 9.91. The molecule has 0 spiro atoms. The van der Waals surface area contributed by atoms with Gasteiger partial charge in [0.05, 0.1) is 6.16 Å². The summed E-state index contributed by atoms with van der Waals surface area (Å²) < 4.78 is 12.7. The molecule has 0 amide bonds. The predicted octanol–water partition coefficient (Wildman–Crippen LogP) is 4.11. The summed E-state index contributed by atoms with van der Waals surface area (Å²) in [6.45, 7) is 1.41. The third-order valence-electron chi connectivity index (χ3n) is 4.39. The molecule has 26 heavy (non-hydrogen) atoms. The van der Waals surface area contributed by atoms with Crippen molar-refractivity contribution in [1.82, 2.24) is 5.09 Å². The molecule has 3 aromatic carbocycles. The molecule has 0 fully saturated rings. The molecule has 3 rings (SSSR count). The second-order valence-corrected chi connectivity index (χ2v) is 8.39. The van der Waals surface area contributed by atoms with Crippen LogP contribution in [0.25, 0.3) is 10.8 Å². The zero-order valence-electron chi connectivity index (χ0n) is 14.3. The van der Waals surface area contributed by atoms with Crippen LogP contribution >= 0.6 is 7.52 Å². The van der Waals surface area contributed by atoms with Crippen LogP contribution in [0.5, 0.6) is 0 Å². The van der Waals surface area contributed by atoms with Crippen molar-refractivity contribution < 1.29 is 19.4 Å². The fourth-order valence-electron chi connectivity index (χ4n) is 2.96. The van der Waals surface area contributed by atoms with Crippen LogP contribution in [0.1, 0.15) is 18.1 Å². The van der Waals surface area contributed by atoms with Crippen molar-refractivity contribution in [2.24, 2.45) is 0 Å². The Morgan fingerprint density at radius 3 is 2.27 bits per heavy atom. The third-order valence-corrected chi connectivity index (χ3v) is 5.98. The summed E-state index contributed by atoms with van der Waals surface area (Å²) >= 11 is 0. The van der Waals surface area contributed by atoms with Gasteiger partial charge in [-0.3, -0.25) is 4.57 Å². The molecule has 0 aliphatic rings. The van der Waals surface area contributed by atoms with Gasteiger partial charge in [-0.05, 0) is 34.9 Å². The van der Waals surface area contributed by atoms with E-state index in [1.165, 1.54) is 6.92 Å². The van der Waals surface area contributed by atoms with Crippen molar-refractivity contribution in [1.29, 1.82) is 0 Å². The van der Waals surface area contributed by atoms with Crippen molar-refractivity contribution in [3.05, 3.63) is 83.9 Å². The first-order chi connectivity index (χ1) is 12.3. The van der Waals surface area contributed by atoms with Crippen LogP contribution in [0.3, 0.4) is 0 Å². The van der Waals surface area contributed by atoms with Crippen LogP contribution in [0.2, 0.25) is 0 Å². The summed E-state index contributed by atoms with van der Waals surface area (Å²) in [7, 11) is -3.95. The van der Waals surface area contributed by atoms with Gasteiger partial charge in [-0.25, -0.2) is 9.88 Å². The highest BCUT2D eigenvalue weighted by Gasteiger charge is 2.41. The number of nitrogens with one attached hydrogen (secondary N) is 1. The first-order valence-electron chi connectivity index (χ1n) is 8.18. The summed E-state index contributed by atoms with van der Waals surface area (Å²) in [5, 5.41) is 14.1. The topological polar surface area (TPSA) is 86.6 Å². The molecule has 2 unspecified atom stereocenters. The smallest absolute Gasteiger partial charge is 0.328 e. The third kappa shape index (κ3) is 3.86. The Hall–Kier alpha value is -2.46. The predicted molar refractivity (Wildman–Crippen MR) is 102 cm³/mol. The maximum atomic E-state index is 12.7. The molecular weight excluding hydrogens is 349 g/mol. The molecule has 3 N–H and O–H groups in total. The molecule has 0 radical (unpaired) electrons. The van der Waals surface area contributed by atoms with Crippen LogP contribution in [0.4, 0.5) is 0 Å². The second-order valence-electron chi connectivity index (χ2n) is 6.45. The van der Waals surface area contributed by atoms with E-state index in [2.05, 4.69) is 5.09 Å². The highest BCUT2D eigenvalue weighted by Crippen LogP contribution is 2.44. The number of carboxylic acid groups (broad SMARTS) is 1. The molecule has 0 aromatic heterocycles. The fraction of sp³-hybridized carbons (Fsp3) is 0.150. The van der Waals surface area contributed by atoms with E-state index in [1.807, 2.05) is 36.4 Å². The highest BCUT2D eigenvalue weighted by atomic mass is 31.2. The van der Waals surface area contributed by atoms with Gasteiger partial charge in [0, 0.05) is 0 Å². The molecule has 134 valence electrons. The van der Waals surface area contributed by atoms with Crippen molar-refractivity contribution in [3.63, 3.8) is 0 Å². The summed E-state index contributed by atoms with van der Waals surface area (Å²) in [6, 6.07) is 21.6. The van der Waals surface area contributed by atoms with E-state index in [0.29, 0.717) is 11.1 Å². The lowest BCUT2D eigenvalue weighted by molar-refractivity contribution is -0.143. The first kappa shape index (κ1) is 18.3. The highest BCUT2D eigenvalue weighted by molar-refractivity contribution is 7.55. The van der Waals surface area contributed by atoms with Gasteiger partial charge in [0.15, 0.2) is 0 Å². The monoisotopic (exact) mass is 369 g/mol. The molecule has 0 aliphatic carbocycles. The lowest BCUT2D eigenvalue weighted by Crippen LogP contribution is -2.45. The Labute approximate surface area is 151 Å². The maximum absolute atomic E-state index is 12.7. The van der Waals surface area contributed by atoms with Crippen molar-refractivity contribution in [2.75, 3.05) is 0 Å². The van der Waals surface area contributed by atoms with Crippen LogP contribution < -0.4 is 5.09 Å². The van der Waals surface area contributed by atoms with E-state index in [9.17, 15) is 19.4 Å². The number of carboxylic acids is 1. The van der Waals surface area contributed by atoms with Gasteiger partial charge in [0.1, 0.15) is 5.54 Å². The van der Waals surface area contributed by atoms with Crippen LogP contribution in [0.15, 0.2) is 72.8 Å². The van der Waals surface area contributed by atoms with E-state index >= 15 is 0 Å². The lowest BCUT2D eigenvalue weighted by Gasteiger charge is -2.29. The summed E-state index contributed by atoms with van der Waals surface area (Å²) in [4.78, 5) is 22.4. The van der Waals surface area contributed by atoms with Gasteiger partial charge in [0.2, 0.25) is 0 Å². The SMILES string of the molecule is CC(NP(=O)(O)Cc1ccccc1)(C(=O)O)c1ccc2ccccc2c1. The number of benzene rings is 3. The molecule has 0 bridgehead atoms. The summed E-state index contributed by atoms with van der Waals surface area (Å²) in [6.07, 6.45) is -0.149. The van der Waals surface area contributed by atoms with Crippen molar-refractivity contribution in [3.8, 4) is 0 Å². The standard InChI is InChI=1S/C20H20NO4P/c1-20(19(22)23,18-12-11-16-9-5-6-10-17(16)13-18)21-26(24,25)14-15-7-3-2-4-8-15/h2-13H,14H2,1H3,(H,22,23)(H2,21,24,25). The number of hydrogen-bond donors (Lipinski definition) is 3. The quantitative estimate of drug-likeness (QED) is 0.569.